The Kier molecular flexibility index (Phi) is 3.38. The zero-order chi connectivity index (χ0) is 15.6. The Hall–Kier alpha value is -2.95. The Morgan fingerprint density at radius 1 is 1.09 bits per heavy atom. The molecule has 0 atom stereocenters. The van der Waals surface area contributed by atoms with Crippen molar-refractivity contribution in [2.75, 3.05) is 6.79 Å². The van der Waals surface area contributed by atoms with Gasteiger partial charge in [-0.25, -0.2) is 4.68 Å². The van der Waals surface area contributed by atoms with Gasteiger partial charge in [0.25, 0.3) is 0 Å². The second kappa shape index (κ2) is 5.68. The Balaban J connectivity index is 1.50. The van der Waals surface area contributed by atoms with E-state index in [1.54, 1.807) is 4.68 Å². The van der Waals surface area contributed by atoms with Crippen molar-refractivity contribution in [2.45, 2.75) is 13.5 Å². The van der Waals surface area contributed by atoms with Gasteiger partial charge < -0.3 is 14.2 Å². The van der Waals surface area contributed by atoms with Gasteiger partial charge in [-0.1, -0.05) is 24.3 Å². The molecule has 0 spiro atoms. The molecular formula is C18H16N2O3. The highest BCUT2D eigenvalue weighted by atomic mass is 16.7. The third kappa shape index (κ3) is 2.73. The summed E-state index contributed by atoms with van der Waals surface area (Å²) in [5, 5.41) is 4.45. The smallest absolute Gasteiger partial charge is 0.233 e. The van der Waals surface area contributed by atoms with E-state index < -0.39 is 0 Å². The average Bonchev–Trinajstić information content (AvgIpc) is 3.22. The summed E-state index contributed by atoms with van der Waals surface area (Å²) in [5.74, 6) is 2.09. The van der Waals surface area contributed by atoms with Crippen LogP contribution < -0.4 is 14.2 Å². The molecule has 116 valence electrons. The largest absolute Gasteiger partial charge is 0.472 e. The third-order valence-corrected chi connectivity index (χ3v) is 3.82. The minimum Gasteiger partial charge on any atom is -0.472 e. The van der Waals surface area contributed by atoms with Crippen molar-refractivity contribution >= 4 is 0 Å². The fraction of sp³-hybridized carbons (Fsp3) is 0.167. The predicted molar refractivity (Wildman–Crippen MR) is 85.2 cm³/mol. The monoisotopic (exact) mass is 308 g/mol. The first-order chi connectivity index (χ1) is 11.3. The summed E-state index contributed by atoms with van der Waals surface area (Å²) in [6, 6.07) is 15.7. The summed E-state index contributed by atoms with van der Waals surface area (Å²) in [5.41, 5.74) is 3.27. The molecule has 0 bridgehead atoms. The van der Waals surface area contributed by atoms with E-state index in [1.807, 2.05) is 42.6 Å². The fourth-order valence-corrected chi connectivity index (χ4v) is 2.48. The molecular weight excluding hydrogens is 292 g/mol. The summed E-state index contributed by atoms with van der Waals surface area (Å²) in [7, 11) is 0. The lowest BCUT2D eigenvalue weighted by atomic mass is 10.1. The Morgan fingerprint density at radius 2 is 1.96 bits per heavy atom. The van der Waals surface area contributed by atoms with E-state index in [0.717, 1.165) is 22.7 Å². The molecule has 1 aliphatic heterocycles. The number of ether oxygens (including phenoxy) is 3. The van der Waals surface area contributed by atoms with Gasteiger partial charge in [0.1, 0.15) is 6.61 Å². The normalized spacial score (nSPS) is 12.4. The highest BCUT2D eigenvalue weighted by Gasteiger charge is 2.14. The van der Waals surface area contributed by atoms with Gasteiger partial charge in [0, 0.05) is 18.3 Å². The van der Waals surface area contributed by atoms with Crippen LogP contribution in [0.3, 0.4) is 0 Å². The summed E-state index contributed by atoms with van der Waals surface area (Å²) < 4.78 is 18.2. The van der Waals surface area contributed by atoms with Crippen LogP contribution >= 0.6 is 0 Å². The summed E-state index contributed by atoms with van der Waals surface area (Å²) >= 11 is 0. The molecule has 0 unspecified atom stereocenters. The maximum absolute atomic E-state index is 5.78. The standard InChI is InChI=1S/C18H16N2O3/c1-13-4-2-3-5-14(13)11-21-18-8-9-20(19-18)15-6-7-16-17(10-15)23-12-22-16/h2-10H,11-12H2,1H3. The molecule has 2 heterocycles. The predicted octanol–water partition coefficient (Wildman–Crippen LogP) is 3.49. The SMILES string of the molecule is Cc1ccccc1COc1ccn(-c2ccc3c(c2)OCO3)n1. The molecule has 23 heavy (non-hydrogen) atoms. The fourth-order valence-electron chi connectivity index (χ4n) is 2.48. The molecule has 0 aliphatic carbocycles. The molecule has 0 fully saturated rings. The maximum atomic E-state index is 5.78. The van der Waals surface area contributed by atoms with E-state index in [9.17, 15) is 0 Å². The van der Waals surface area contributed by atoms with Crippen molar-refractivity contribution in [2.24, 2.45) is 0 Å². The number of aryl methyl sites for hydroxylation is 1. The summed E-state index contributed by atoms with van der Waals surface area (Å²) in [6.45, 7) is 2.84. The van der Waals surface area contributed by atoms with Gasteiger partial charge in [-0.05, 0) is 30.2 Å². The zero-order valence-corrected chi connectivity index (χ0v) is 12.7. The average molecular weight is 308 g/mol. The molecule has 5 heteroatoms. The van der Waals surface area contributed by atoms with Gasteiger partial charge in [-0.3, -0.25) is 0 Å². The van der Waals surface area contributed by atoms with Crippen molar-refractivity contribution in [3.8, 4) is 23.1 Å². The van der Waals surface area contributed by atoms with Gasteiger partial charge >= 0.3 is 0 Å². The molecule has 2 aromatic carbocycles. The van der Waals surface area contributed by atoms with Crippen LogP contribution in [0, 0.1) is 6.92 Å². The number of rotatable bonds is 4. The highest BCUT2D eigenvalue weighted by Crippen LogP contribution is 2.33. The number of fused-ring (bicyclic) bond motifs is 1. The Bertz CT molecular complexity index is 842. The second-order valence-electron chi connectivity index (χ2n) is 5.35. The van der Waals surface area contributed by atoms with Crippen molar-refractivity contribution in [3.05, 3.63) is 65.9 Å². The van der Waals surface area contributed by atoms with Gasteiger partial charge in [0.05, 0.1) is 5.69 Å². The van der Waals surface area contributed by atoms with Crippen LogP contribution in [0.1, 0.15) is 11.1 Å². The van der Waals surface area contributed by atoms with E-state index in [0.29, 0.717) is 12.5 Å². The molecule has 0 amide bonds. The molecule has 5 nitrogen and oxygen atoms in total. The first kappa shape index (κ1) is 13.7. The van der Waals surface area contributed by atoms with Crippen LogP contribution in [0.2, 0.25) is 0 Å². The number of benzene rings is 2. The van der Waals surface area contributed by atoms with Gasteiger partial charge in [0.15, 0.2) is 11.5 Å². The number of nitrogens with zero attached hydrogens (tertiary/aromatic N) is 2. The first-order valence-corrected chi connectivity index (χ1v) is 7.42. The van der Waals surface area contributed by atoms with E-state index in [-0.39, 0.29) is 6.79 Å². The van der Waals surface area contributed by atoms with Gasteiger partial charge in [0.2, 0.25) is 12.7 Å². The minimum absolute atomic E-state index is 0.267. The lowest BCUT2D eigenvalue weighted by Gasteiger charge is -2.06. The summed E-state index contributed by atoms with van der Waals surface area (Å²) in [4.78, 5) is 0. The zero-order valence-electron chi connectivity index (χ0n) is 12.7. The molecule has 0 saturated heterocycles. The highest BCUT2D eigenvalue weighted by molar-refractivity contribution is 5.49. The molecule has 0 saturated carbocycles. The first-order valence-electron chi connectivity index (χ1n) is 7.42. The van der Waals surface area contributed by atoms with E-state index in [4.69, 9.17) is 14.2 Å². The van der Waals surface area contributed by atoms with E-state index in [2.05, 4.69) is 24.2 Å². The van der Waals surface area contributed by atoms with Crippen molar-refractivity contribution in [3.63, 3.8) is 0 Å². The number of hydrogen-bond donors (Lipinski definition) is 0. The lowest BCUT2D eigenvalue weighted by Crippen LogP contribution is -2.00. The Morgan fingerprint density at radius 3 is 2.87 bits per heavy atom. The quantitative estimate of drug-likeness (QED) is 0.740. The van der Waals surface area contributed by atoms with E-state index in [1.165, 1.54) is 5.56 Å². The van der Waals surface area contributed by atoms with Crippen molar-refractivity contribution in [1.82, 2.24) is 9.78 Å². The van der Waals surface area contributed by atoms with Crippen LogP contribution in [0.4, 0.5) is 0 Å². The number of hydrogen-bond acceptors (Lipinski definition) is 4. The lowest BCUT2D eigenvalue weighted by molar-refractivity contribution is 0.174. The molecule has 0 N–H and O–H groups in total. The van der Waals surface area contributed by atoms with Crippen molar-refractivity contribution < 1.29 is 14.2 Å². The van der Waals surface area contributed by atoms with Crippen LogP contribution in [0.25, 0.3) is 5.69 Å². The molecule has 3 aromatic rings. The topological polar surface area (TPSA) is 45.5 Å². The van der Waals surface area contributed by atoms with Crippen LogP contribution in [-0.2, 0) is 6.61 Å². The molecule has 4 rings (SSSR count). The van der Waals surface area contributed by atoms with Crippen LogP contribution in [0.5, 0.6) is 17.4 Å². The molecule has 1 aromatic heterocycles. The van der Waals surface area contributed by atoms with Crippen molar-refractivity contribution in [1.29, 1.82) is 0 Å². The van der Waals surface area contributed by atoms with Gasteiger partial charge in [-0.15, -0.1) is 5.10 Å². The molecule has 1 aliphatic rings. The minimum atomic E-state index is 0.267. The number of aromatic nitrogens is 2. The molecule has 0 radical (unpaired) electrons. The second-order valence-corrected chi connectivity index (χ2v) is 5.35. The maximum Gasteiger partial charge on any atom is 0.233 e. The van der Waals surface area contributed by atoms with Gasteiger partial charge in [-0.2, -0.15) is 0 Å². The van der Waals surface area contributed by atoms with Crippen LogP contribution in [0.15, 0.2) is 54.7 Å². The third-order valence-electron chi connectivity index (χ3n) is 3.82. The summed E-state index contributed by atoms with van der Waals surface area (Å²) in [6.07, 6.45) is 1.87. The Labute approximate surface area is 134 Å². The van der Waals surface area contributed by atoms with Crippen LogP contribution in [-0.4, -0.2) is 16.6 Å². The van der Waals surface area contributed by atoms with E-state index >= 15 is 0 Å².